The summed E-state index contributed by atoms with van der Waals surface area (Å²) in [4.78, 5) is 37.0. The number of aliphatic hydroxyl groups is 17. The van der Waals surface area contributed by atoms with Crippen LogP contribution in [0.15, 0.2) is 0 Å². The largest absolute Gasteiger partial charge is 0.477 e. The standard InChI is InChI=1S/C37H64N2O29/c1-10(45)38-19-12(47)3-37(36(59)60,68-31(19)22(52)14(49)5-41)61-9-18-23(53)26(56)27(57)34(64-18)66-30-17(8-44)63-33(20(25(30)55)39-11(2)46)67-32-24(54)16(7-43)62-35(28(32)58)65-29(15(50)6-42)21(51)13(48)4-40/h12-35,40-44,47-58H,3-9H2,1-2H3,(H,38,45)(H,39,46)(H,59,60)/t12-,13-,14+,15+,16+,17+,18+,19+,20+,21+,22+,23-,24-,25+,26-,27+,28+,29+,30+,31+,32-,33-,34-,35-,37+/m0/s1. The Morgan fingerprint density at radius 2 is 1.16 bits per heavy atom. The van der Waals surface area contributed by atoms with Gasteiger partial charge < -0.3 is 140 Å². The van der Waals surface area contributed by atoms with Crippen molar-refractivity contribution in [3.05, 3.63) is 0 Å². The van der Waals surface area contributed by atoms with Crippen molar-refractivity contribution in [2.45, 2.75) is 173 Å². The summed E-state index contributed by atoms with van der Waals surface area (Å²) < 4.78 is 44.9. The fraction of sp³-hybridized carbons (Fsp3) is 0.919. The minimum absolute atomic E-state index is 0.781. The van der Waals surface area contributed by atoms with E-state index >= 15 is 0 Å². The molecule has 20 N–H and O–H groups in total. The minimum Gasteiger partial charge on any atom is -0.477 e. The van der Waals surface area contributed by atoms with Crippen molar-refractivity contribution in [1.82, 2.24) is 10.6 Å². The summed E-state index contributed by atoms with van der Waals surface area (Å²) in [5.41, 5.74) is 0. The molecule has 0 aromatic carbocycles. The number of carbonyl (C=O) groups is 3. The second-order valence-corrected chi connectivity index (χ2v) is 16.6. The number of rotatable bonds is 22. The number of carboxylic acid groups (broad SMARTS) is 1. The van der Waals surface area contributed by atoms with Crippen LogP contribution in [0.2, 0.25) is 0 Å². The van der Waals surface area contributed by atoms with Gasteiger partial charge in [-0.2, -0.15) is 0 Å². The molecule has 0 spiro atoms. The van der Waals surface area contributed by atoms with Gasteiger partial charge in [-0.05, 0) is 0 Å². The summed E-state index contributed by atoms with van der Waals surface area (Å²) in [6.07, 6.45) is -45.5. The molecular weight excluding hydrogens is 936 g/mol. The van der Waals surface area contributed by atoms with Crippen molar-refractivity contribution in [2.24, 2.45) is 0 Å². The molecule has 0 bridgehead atoms. The van der Waals surface area contributed by atoms with Gasteiger partial charge >= 0.3 is 5.97 Å². The third-order valence-corrected chi connectivity index (χ3v) is 11.7. The maximum atomic E-state index is 12.7. The molecule has 4 fully saturated rings. The lowest BCUT2D eigenvalue weighted by Crippen LogP contribution is -2.70. The molecule has 31 nitrogen and oxygen atoms in total. The molecule has 0 aromatic heterocycles. The van der Waals surface area contributed by atoms with Crippen molar-refractivity contribution in [3.63, 3.8) is 0 Å². The Kier molecular flexibility index (Phi) is 21.5. The first-order valence-electron chi connectivity index (χ1n) is 21.1. The number of amides is 2. The highest BCUT2D eigenvalue weighted by molar-refractivity contribution is 5.76. The van der Waals surface area contributed by atoms with Crippen molar-refractivity contribution in [2.75, 3.05) is 39.6 Å². The van der Waals surface area contributed by atoms with Crippen molar-refractivity contribution >= 4 is 17.8 Å². The molecular formula is C37H64N2O29. The number of hydrogen-bond donors (Lipinski definition) is 20. The zero-order valence-corrected chi connectivity index (χ0v) is 36.3. The average molecular weight is 1000 g/mol. The van der Waals surface area contributed by atoms with E-state index in [4.69, 9.17) is 37.9 Å². The number of ether oxygens (including phenoxy) is 8. The van der Waals surface area contributed by atoms with Gasteiger partial charge in [0, 0.05) is 20.3 Å². The predicted molar refractivity (Wildman–Crippen MR) is 209 cm³/mol. The van der Waals surface area contributed by atoms with Gasteiger partial charge in [-0.15, -0.1) is 0 Å². The van der Waals surface area contributed by atoms with Crippen LogP contribution in [0.3, 0.4) is 0 Å². The van der Waals surface area contributed by atoms with Crippen LogP contribution in [0.4, 0.5) is 0 Å². The molecule has 4 aliphatic rings. The molecule has 396 valence electrons. The summed E-state index contributed by atoms with van der Waals surface area (Å²) in [5, 5.41) is 193. The molecule has 0 saturated carbocycles. The number of aliphatic carboxylic acids is 1. The van der Waals surface area contributed by atoms with E-state index in [2.05, 4.69) is 10.6 Å². The smallest absolute Gasteiger partial charge is 0.364 e. The second kappa shape index (κ2) is 25.2. The van der Waals surface area contributed by atoms with Gasteiger partial charge in [-0.25, -0.2) is 4.79 Å². The molecule has 4 saturated heterocycles. The molecule has 4 heterocycles. The number of aliphatic hydroxyl groups excluding tert-OH is 17. The molecule has 68 heavy (non-hydrogen) atoms. The van der Waals surface area contributed by atoms with Crippen LogP contribution < -0.4 is 10.6 Å². The second-order valence-electron chi connectivity index (χ2n) is 16.6. The SMILES string of the molecule is CC(=O)N[C@H]1[C@H](O[C@H]2[C@@H](O)[C@@H](CO)O[C@@H](O[C@@H]([C@H](O)[C@@H](O)CO)[C@H](O)CO)[C@@H]2O)O[C@H](CO)[C@@H](O[C@@H]2O[C@H](CO[C@]3(C(=O)O)C[C@H](O)[C@@H](NC(C)=O)[C@H]([C@H](O)[C@H](O)CO)O3)[C@H](O)[C@H](O)[C@H]2O)[C@@H]1O. The van der Waals surface area contributed by atoms with Crippen LogP contribution in [0.5, 0.6) is 0 Å². The Morgan fingerprint density at radius 3 is 1.71 bits per heavy atom. The first-order chi connectivity index (χ1) is 31.9. The fourth-order valence-corrected chi connectivity index (χ4v) is 8.02. The third-order valence-electron chi connectivity index (χ3n) is 11.7. The minimum atomic E-state index is -2.97. The zero-order valence-electron chi connectivity index (χ0n) is 36.3. The van der Waals surface area contributed by atoms with E-state index < -0.39 is 217 Å². The summed E-state index contributed by atoms with van der Waals surface area (Å²) in [5.74, 6) is -6.59. The Bertz CT molecular complexity index is 1610. The van der Waals surface area contributed by atoms with E-state index in [9.17, 15) is 106 Å². The average Bonchev–Trinajstić information content (AvgIpc) is 3.30. The maximum Gasteiger partial charge on any atom is 0.364 e. The highest BCUT2D eigenvalue weighted by Crippen LogP contribution is 2.37. The van der Waals surface area contributed by atoms with Gasteiger partial charge in [0.2, 0.25) is 11.8 Å². The van der Waals surface area contributed by atoms with Crippen LogP contribution >= 0.6 is 0 Å². The normalized spacial score (nSPS) is 41.7. The van der Waals surface area contributed by atoms with Gasteiger partial charge in [0.1, 0.15) is 116 Å². The first-order valence-corrected chi connectivity index (χ1v) is 21.1. The van der Waals surface area contributed by atoms with Crippen LogP contribution in [-0.4, -0.2) is 302 Å². The number of nitrogens with one attached hydrogen (secondary N) is 2. The Morgan fingerprint density at radius 1 is 0.618 bits per heavy atom. The molecule has 0 radical (unpaired) electrons. The van der Waals surface area contributed by atoms with Crippen LogP contribution in [0.1, 0.15) is 20.3 Å². The molecule has 0 aliphatic carbocycles. The van der Waals surface area contributed by atoms with E-state index in [1.807, 2.05) is 0 Å². The Labute approximate surface area is 385 Å². The highest BCUT2D eigenvalue weighted by Gasteiger charge is 2.58. The van der Waals surface area contributed by atoms with Gasteiger partial charge in [0.05, 0.1) is 51.8 Å². The van der Waals surface area contributed by atoms with Gasteiger partial charge in [-0.3, -0.25) is 9.59 Å². The molecule has 25 atom stereocenters. The van der Waals surface area contributed by atoms with Crippen LogP contribution in [0.25, 0.3) is 0 Å². The van der Waals surface area contributed by atoms with Crippen LogP contribution in [0, 0.1) is 0 Å². The lowest BCUT2D eigenvalue weighted by molar-refractivity contribution is -0.376. The lowest BCUT2D eigenvalue weighted by atomic mass is 9.88. The quantitative estimate of drug-likeness (QED) is 0.0479. The summed E-state index contributed by atoms with van der Waals surface area (Å²) >= 11 is 0. The molecule has 4 rings (SSSR count). The highest BCUT2D eigenvalue weighted by atomic mass is 16.8. The molecule has 0 aromatic rings. The lowest BCUT2D eigenvalue weighted by Gasteiger charge is -2.49. The van der Waals surface area contributed by atoms with Crippen molar-refractivity contribution in [3.8, 4) is 0 Å². The van der Waals surface area contributed by atoms with E-state index in [1.165, 1.54) is 0 Å². The molecule has 31 heteroatoms. The number of hydrogen-bond acceptors (Lipinski definition) is 28. The van der Waals surface area contributed by atoms with E-state index in [1.54, 1.807) is 0 Å². The summed E-state index contributed by atoms with van der Waals surface area (Å²) in [7, 11) is 0. The molecule has 4 aliphatic heterocycles. The van der Waals surface area contributed by atoms with E-state index in [0.717, 1.165) is 13.8 Å². The summed E-state index contributed by atoms with van der Waals surface area (Å²) in [6.45, 7) is -4.47. The number of carboxylic acids is 1. The Hall–Kier alpha value is -2.59. The summed E-state index contributed by atoms with van der Waals surface area (Å²) in [6, 6.07) is -3.40. The fourth-order valence-electron chi connectivity index (χ4n) is 8.02. The zero-order chi connectivity index (χ0) is 51.1. The third kappa shape index (κ3) is 13.1. The first kappa shape index (κ1) is 58.0. The van der Waals surface area contributed by atoms with Gasteiger partial charge in [-0.1, -0.05) is 0 Å². The molecule has 0 unspecified atom stereocenters. The predicted octanol–water partition coefficient (Wildman–Crippen LogP) is -12.8. The van der Waals surface area contributed by atoms with Crippen molar-refractivity contribution in [1.29, 1.82) is 0 Å². The monoisotopic (exact) mass is 1000 g/mol. The van der Waals surface area contributed by atoms with E-state index in [0.29, 0.717) is 0 Å². The number of carbonyl (C=O) groups excluding carboxylic acids is 2. The van der Waals surface area contributed by atoms with E-state index in [-0.39, 0.29) is 0 Å². The maximum absolute atomic E-state index is 12.7. The molecule has 2 amide bonds. The Balaban J connectivity index is 1.58. The van der Waals surface area contributed by atoms with Gasteiger partial charge in [0.15, 0.2) is 18.9 Å². The van der Waals surface area contributed by atoms with Crippen LogP contribution in [-0.2, 0) is 52.3 Å². The van der Waals surface area contributed by atoms with Gasteiger partial charge in [0.25, 0.3) is 5.79 Å². The topological polar surface area (TPSA) is 513 Å². The van der Waals surface area contributed by atoms with Crippen molar-refractivity contribution < 1.29 is 144 Å².